The number of rotatable bonds is 12. The summed E-state index contributed by atoms with van der Waals surface area (Å²) in [6.07, 6.45) is 3.05. The van der Waals surface area contributed by atoms with E-state index in [9.17, 15) is 31.1 Å². The minimum Gasteiger partial charge on any atom is -0.351 e. The standard InChI is InChI=1S/C22H20F3N7O.C21H19F3N6/c1-30(2)10-11-31-12-27-17-20(31)28-19(13-6-3-4-7-14(13)23)29-21(17)32(22(26)33)18-15(24)8-5-9-16(18)25;1-29(2)10-11-30-12-25-18-20(26-17-15(23)8-5-9-16(17)24)27-19(28-21(18)30)13-6-3-4-7-14(13)22/h3-9,12H,10-11H2,1-2H3,(H2,26,33);3-9,12H,10-11H2,1-2H3,(H,26,27,28). The van der Waals surface area contributed by atoms with Gasteiger partial charge in [0.1, 0.15) is 46.3 Å². The minimum absolute atomic E-state index is 0.0411. The van der Waals surface area contributed by atoms with Gasteiger partial charge in [0.15, 0.2) is 45.6 Å². The van der Waals surface area contributed by atoms with E-state index in [1.54, 1.807) is 39.7 Å². The maximum absolute atomic E-state index is 14.6. The number of carbonyl (C=O) groups is 1. The third-order valence-corrected chi connectivity index (χ3v) is 9.51. The van der Waals surface area contributed by atoms with Crippen molar-refractivity contribution >= 4 is 51.4 Å². The number of primary amides is 1. The minimum atomic E-state index is -1.19. The van der Waals surface area contributed by atoms with E-state index in [1.165, 1.54) is 36.7 Å². The highest BCUT2D eigenvalue weighted by Gasteiger charge is 2.29. The molecule has 14 nitrogen and oxygen atoms in total. The fourth-order valence-electron chi connectivity index (χ4n) is 6.34. The van der Waals surface area contributed by atoms with Gasteiger partial charge in [-0.25, -0.2) is 65.9 Å². The molecule has 20 heteroatoms. The Balaban J connectivity index is 0.000000190. The van der Waals surface area contributed by atoms with E-state index in [1.807, 2.05) is 38.0 Å². The molecule has 4 aromatic heterocycles. The van der Waals surface area contributed by atoms with E-state index in [0.717, 1.165) is 36.9 Å². The second kappa shape index (κ2) is 18.7. The number of aromatic nitrogens is 8. The maximum Gasteiger partial charge on any atom is 0.325 e. The molecule has 8 aromatic rings. The Morgan fingerprint density at radius 2 is 1.03 bits per heavy atom. The van der Waals surface area contributed by atoms with Crippen LogP contribution in [0.25, 0.3) is 45.1 Å². The lowest BCUT2D eigenvalue weighted by atomic mass is 10.2. The Kier molecular flexibility index (Phi) is 12.9. The smallest absolute Gasteiger partial charge is 0.325 e. The molecule has 0 aliphatic carbocycles. The van der Waals surface area contributed by atoms with E-state index < -0.39 is 46.6 Å². The average molecular weight is 868 g/mol. The zero-order valence-electron chi connectivity index (χ0n) is 34.2. The van der Waals surface area contributed by atoms with Crippen LogP contribution < -0.4 is 16.0 Å². The predicted octanol–water partition coefficient (Wildman–Crippen LogP) is 7.90. The molecule has 4 aromatic carbocycles. The summed E-state index contributed by atoms with van der Waals surface area (Å²) < 4.78 is 90.1. The number of para-hydroxylation sites is 2. The van der Waals surface area contributed by atoms with Crippen molar-refractivity contribution in [2.75, 3.05) is 51.5 Å². The number of halogens is 6. The quantitative estimate of drug-likeness (QED) is 0.116. The largest absolute Gasteiger partial charge is 0.351 e. The Morgan fingerprint density at radius 3 is 1.52 bits per heavy atom. The van der Waals surface area contributed by atoms with Crippen LogP contribution in [0, 0.1) is 34.9 Å². The average Bonchev–Trinajstić information content (AvgIpc) is 3.86. The van der Waals surface area contributed by atoms with Gasteiger partial charge in [0.05, 0.1) is 23.8 Å². The van der Waals surface area contributed by atoms with Crippen molar-refractivity contribution in [2.45, 2.75) is 13.1 Å². The number of urea groups is 1. The van der Waals surface area contributed by atoms with Crippen molar-refractivity contribution in [3.63, 3.8) is 0 Å². The molecule has 0 atom stereocenters. The molecule has 0 saturated heterocycles. The number of carbonyl (C=O) groups excluding carboxylic acids is 1. The zero-order chi connectivity index (χ0) is 44.9. The summed E-state index contributed by atoms with van der Waals surface area (Å²) >= 11 is 0. The highest BCUT2D eigenvalue weighted by atomic mass is 19.2. The molecule has 3 N–H and O–H groups in total. The Labute approximate surface area is 356 Å². The van der Waals surface area contributed by atoms with E-state index in [0.29, 0.717) is 35.7 Å². The number of anilines is 4. The first kappa shape index (κ1) is 43.6. The zero-order valence-corrected chi connectivity index (χ0v) is 34.2. The van der Waals surface area contributed by atoms with Crippen LogP contribution in [0.15, 0.2) is 97.6 Å². The highest BCUT2D eigenvalue weighted by Crippen LogP contribution is 2.35. The van der Waals surface area contributed by atoms with E-state index in [-0.39, 0.29) is 51.3 Å². The van der Waals surface area contributed by atoms with Crippen molar-refractivity contribution in [3.05, 3.63) is 132 Å². The number of imidazole rings is 2. The van der Waals surface area contributed by atoms with Gasteiger partial charge in [-0.15, -0.1) is 0 Å². The molecule has 4 heterocycles. The van der Waals surface area contributed by atoms with Crippen LogP contribution in [-0.4, -0.2) is 96.1 Å². The first-order chi connectivity index (χ1) is 30.2. The van der Waals surface area contributed by atoms with Crippen LogP contribution >= 0.6 is 0 Å². The van der Waals surface area contributed by atoms with Crippen molar-refractivity contribution in [2.24, 2.45) is 5.73 Å². The summed E-state index contributed by atoms with van der Waals surface area (Å²) in [7, 11) is 7.65. The fourth-order valence-corrected chi connectivity index (χ4v) is 6.34. The second-order valence-corrected chi connectivity index (χ2v) is 14.5. The molecular formula is C43H39F6N13O. The summed E-state index contributed by atoms with van der Waals surface area (Å²) in [4.78, 5) is 43.1. The van der Waals surface area contributed by atoms with Crippen molar-refractivity contribution in [3.8, 4) is 22.8 Å². The number of hydrogen-bond donors (Lipinski definition) is 2. The summed E-state index contributed by atoms with van der Waals surface area (Å²) in [6, 6.07) is 17.3. The fraction of sp³-hybridized carbons (Fsp3) is 0.186. The van der Waals surface area contributed by atoms with Crippen LogP contribution in [0.4, 0.5) is 54.1 Å². The number of nitrogens with one attached hydrogen (secondary N) is 1. The van der Waals surface area contributed by atoms with Gasteiger partial charge >= 0.3 is 6.03 Å². The summed E-state index contributed by atoms with van der Waals surface area (Å²) in [6.45, 7) is 2.38. The van der Waals surface area contributed by atoms with Gasteiger partial charge < -0.3 is 30.0 Å². The van der Waals surface area contributed by atoms with Crippen molar-refractivity contribution in [1.82, 2.24) is 48.8 Å². The first-order valence-corrected chi connectivity index (χ1v) is 19.2. The Morgan fingerprint density at radius 1 is 0.587 bits per heavy atom. The molecule has 0 saturated carbocycles. The monoisotopic (exact) mass is 867 g/mol. The Bertz CT molecular complexity index is 2900. The lowest BCUT2D eigenvalue weighted by molar-refractivity contribution is 0.255. The number of nitrogens with two attached hydrogens (primary N) is 1. The lowest BCUT2D eigenvalue weighted by Crippen LogP contribution is -2.34. The van der Waals surface area contributed by atoms with Gasteiger partial charge in [0.25, 0.3) is 0 Å². The summed E-state index contributed by atoms with van der Waals surface area (Å²) in [5.41, 5.74) is 5.77. The number of likely N-dealkylation sites (N-methyl/N-ethyl adjacent to an activating group) is 2. The number of benzene rings is 4. The molecule has 0 radical (unpaired) electrons. The molecule has 0 aliphatic rings. The van der Waals surface area contributed by atoms with E-state index >= 15 is 0 Å². The first-order valence-electron chi connectivity index (χ1n) is 19.2. The molecule has 0 bridgehead atoms. The van der Waals surface area contributed by atoms with Gasteiger partial charge in [-0.05, 0) is 76.7 Å². The number of hydrogen-bond acceptors (Lipinski definition) is 10. The van der Waals surface area contributed by atoms with Gasteiger partial charge in [0, 0.05) is 26.2 Å². The van der Waals surface area contributed by atoms with Crippen LogP contribution in [0.3, 0.4) is 0 Å². The van der Waals surface area contributed by atoms with E-state index in [4.69, 9.17) is 5.73 Å². The molecule has 2 amide bonds. The molecule has 63 heavy (non-hydrogen) atoms. The van der Waals surface area contributed by atoms with Crippen LogP contribution in [0.5, 0.6) is 0 Å². The summed E-state index contributed by atoms with van der Waals surface area (Å²) in [5, 5.41) is 2.68. The molecule has 0 aliphatic heterocycles. The highest BCUT2D eigenvalue weighted by molar-refractivity contribution is 6.04. The topological polar surface area (TPSA) is 152 Å². The maximum atomic E-state index is 14.6. The summed E-state index contributed by atoms with van der Waals surface area (Å²) in [5.74, 6) is -4.90. The van der Waals surface area contributed by atoms with E-state index in [2.05, 4.69) is 35.2 Å². The van der Waals surface area contributed by atoms with Crippen LogP contribution in [-0.2, 0) is 13.1 Å². The third kappa shape index (κ3) is 9.41. The van der Waals surface area contributed by atoms with Crippen LogP contribution in [0.2, 0.25) is 0 Å². The number of amides is 2. The van der Waals surface area contributed by atoms with Gasteiger partial charge in [-0.2, -0.15) is 0 Å². The van der Waals surface area contributed by atoms with Crippen LogP contribution in [0.1, 0.15) is 0 Å². The predicted molar refractivity (Wildman–Crippen MR) is 226 cm³/mol. The molecule has 0 fully saturated rings. The molecule has 0 unspecified atom stereocenters. The van der Waals surface area contributed by atoms with Crippen molar-refractivity contribution < 1.29 is 31.1 Å². The lowest BCUT2D eigenvalue weighted by Gasteiger charge is -2.21. The normalized spacial score (nSPS) is 11.4. The second-order valence-electron chi connectivity index (χ2n) is 14.5. The molecular weight excluding hydrogens is 829 g/mol. The van der Waals surface area contributed by atoms with Gasteiger partial charge in [-0.1, -0.05) is 36.4 Å². The SMILES string of the molecule is CN(C)CCn1cnc2c(N(C(N)=O)c3c(F)cccc3F)nc(-c3ccccc3F)nc21.CN(C)CCn1cnc2c(Nc3c(F)cccc3F)nc(-c3ccccc3F)nc21. The third-order valence-electron chi connectivity index (χ3n) is 9.51. The van der Waals surface area contributed by atoms with Gasteiger partial charge in [0.2, 0.25) is 0 Å². The molecule has 8 rings (SSSR count). The molecule has 324 valence electrons. The number of nitrogens with zero attached hydrogens (tertiary/aromatic N) is 11. The number of fused-ring (bicyclic) bond motifs is 2. The van der Waals surface area contributed by atoms with Crippen molar-refractivity contribution in [1.29, 1.82) is 0 Å². The van der Waals surface area contributed by atoms with Gasteiger partial charge in [-0.3, -0.25) is 0 Å². The molecule has 0 spiro atoms. The Hall–Kier alpha value is -7.45.